The van der Waals surface area contributed by atoms with Crippen LogP contribution in [0.1, 0.15) is 226 Å². The normalized spacial score (nSPS) is 18.7. The van der Waals surface area contributed by atoms with E-state index in [9.17, 15) is 34.5 Å². The molecular formula is C67H106O12. The summed E-state index contributed by atoms with van der Waals surface area (Å²) < 4.78 is 28.4. The Morgan fingerprint density at radius 2 is 0.759 bits per heavy atom. The van der Waals surface area contributed by atoms with Gasteiger partial charge in [0.25, 0.3) is 0 Å². The molecule has 0 amide bonds. The molecule has 0 aromatic heterocycles. The number of aliphatic hydroxyl groups excluding tert-OH is 2. The number of hydrogen-bond acceptors (Lipinski definition) is 11. The van der Waals surface area contributed by atoms with Crippen molar-refractivity contribution < 1.29 is 58.2 Å². The van der Waals surface area contributed by atoms with Crippen LogP contribution in [0.25, 0.3) is 0 Å². The van der Waals surface area contributed by atoms with Crippen LogP contribution in [0.3, 0.4) is 0 Å². The minimum atomic E-state index is -1.92. The number of ether oxygens (including phenoxy) is 5. The molecule has 12 nitrogen and oxygen atoms in total. The van der Waals surface area contributed by atoms with Gasteiger partial charge in [-0.2, -0.15) is 0 Å². The molecule has 0 saturated carbocycles. The highest BCUT2D eigenvalue weighted by molar-refractivity contribution is 5.74. The quantitative estimate of drug-likeness (QED) is 0.0228. The smallest absolute Gasteiger partial charge is 0.335 e. The third kappa shape index (κ3) is 43.6. The van der Waals surface area contributed by atoms with Gasteiger partial charge in [-0.05, 0) is 122 Å². The molecule has 1 aliphatic rings. The molecule has 1 aliphatic heterocycles. The predicted octanol–water partition coefficient (Wildman–Crippen LogP) is 16.0. The van der Waals surface area contributed by atoms with E-state index in [1.165, 1.54) is 6.42 Å². The van der Waals surface area contributed by atoms with Gasteiger partial charge >= 0.3 is 23.9 Å². The summed E-state index contributed by atoms with van der Waals surface area (Å²) >= 11 is 0. The van der Waals surface area contributed by atoms with Crippen LogP contribution in [0.4, 0.5) is 0 Å². The SMILES string of the molecule is CC/C=C\C/C=C\C/C=C\C/C=C\CCCCCCCCC(=O)OC1C(OCC(COC(=O)CCCCCCCCC/C=C\C/C=C\C/C=C\CC)OC(=O)CCCCC/C=C\C/C=C\C/C=C\CC)OC(C(=O)O)C(O)C1O. The van der Waals surface area contributed by atoms with Gasteiger partial charge in [0.2, 0.25) is 0 Å². The molecule has 12 heteroatoms. The lowest BCUT2D eigenvalue weighted by Crippen LogP contribution is -2.61. The molecule has 0 aromatic carbocycles. The van der Waals surface area contributed by atoms with Crippen LogP contribution in [0, 0.1) is 0 Å². The Bertz CT molecular complexity index is 1840. The molecule has 1 saturated heterocycles. The topological polar surface area (TPSA) is 175 Å². The first-order valence-electron chi connectivity index (χ1n) is 30.5. The van der Waals surface area contributed by atoms with E-state index in [4.69, 9.17) is 23.7 Å². The average molecular weight is 1100 g/mol. The molecule has 0 radical (unpaired) electrons. The van der Waals surface area contributed by atoms with Crippen molar-refractivity contribution in [2.24, 2.45) is 0 Å². The third-order valence-electron chi connectivity index (χ3n) is 13.0. The van der Waals surface area contributed by atoms with Crippen LogP contribution in [0.15, 0.2) is 122 Å². The zero-order valence-electron chi connectivity index (χ0n) is 49.1. The van der Waals surface area contributed by atoms with Gasteiger partial charge in [-0.3, -0.25) is 14.4 Å². The largest absolute Gasteiger partial charge is 0.479 e. The van der Waals surface area contributed by atoms with E-state index in [0.29, 0.717) is 19.3 Å². The molecule has 79 heavy (non-hydrogen) atoms. The summed E-state index contributed by atoms with van der Waals surface area (Å²) in [5.41, 5.74) is 0. The lowest BCUT2D eigenvalue weighted by molar-refractivity contribution is -0.301. The maximum atomic E-state index is 13.1. The van der Waals surface area contributed by atoms with Gasteiger partial charge in [-0.1, -0.05) is 206 Å². The number of aliphatic hydroxyl groups is 2. The molecule has 0 bridgehead atoms. The number of rotatable bonds is 50. The molecule has 1 fully saturated rings. The van der Waals surface area contributed by atoms with Crippen molar-refractivity contribution in [2.75, 3.05) is 13.2 Å². The maximum absolute atomic E-state index is 13.1. The van der Waals surface area contributed by atoms with E-state index in [1.54, 1.807) is 0 Å². The highest BCUT2D eigenvalue weighted by atomic mass is 16.7. The van der Waals surface area contributed by atoms with Gasteiger partial charge in [0.1, 0.15) is 18.8 Å². The third-order valence-corrected chi connectivity index (χ3v) is 13.0. The van der Waals surface area contributed by atoms with E-state index in [1.807, 2.05) is 0 Å². The van der Waals surface area contributed by atoms with E-state index in [-0.39, 0.29) is 25.9 Å². The summed E-state index contributed by atoms with van der Waals surface area (Å²) in [6.07, 6.45) is 61.6. The van der Waals surface area contributed by atoms with Crippen LogP contribution in [-0.2, 0) is 42.9 Å². The second-order valence-corrected chi connectivity index (χ2v) is 20.2. The van der Waals surface area contributed by atoms with Crippen molar-refractivity contribution in [3.8, 4) is 0 Å². The second-order valence-electron chi connectivity index (χ2n) is 20.2. The number of carbonyl (C=O) groups is 4. The fourth-order valence-electron chi connectivity index (χ4n) is 8.45. The van der Waals surface area contributed by atoms with E-state index >= 15 is 0 Å². The van der Waals surface area contributed by atoms with Crippen molar-refractivity contribution in [3.63, 3.8) is 0 Å². The predicted molar refractivity (Wildman–Crippen MR) is 321 cm³/mol. The molecule has 446 valence electrons. The Morgan fingerprint density at radius 1 is 0.418 bits per heavy atom. The molecule has 6 atom stereocenters. The van der Waals surface area contributed by atoms with Crippen LogP contribution < -0.4 is 0 Å². The summed E-state index contributed by atoms with van der Waals surface area (Å²) in [5, 5.41) is 31.5. The molecule has 6 unspecified atom stereocenters. The van der Waals surface area contributed by atoms with Crippen molar-refractivity contribution >= 4 is 23.9 Å². The Kier molecular flexibility index (Phi) is 49.1. The zero-order chi connectivity index (χ0) is 57.5. The monoisotopic (exact) mass is 1100 g/mol. The number of carboxylic acid groups (broad SMARTS) is 1. The highest BCUT2D eigenvalue weighted by Gasteiger charge is 2.50. The summed E-state index contributed by atoms with van der Waals surface area (Å²) in [5.74, 6) is -3.20. The first-order chi connectivity index (χ1) is 38.6. The maximum Gasteiger partial charge on any atom is 0.335 e. The van der Waals surface area contributed by atoms with Gasteiger partial charge in [0.05, 0.1) is 6.61 Å². The molecular weight excluding hydrogens is 997 g/mol. The Morgan fingerprint density at radius 3 is 1.16 bits per heavy atom. The number of hydrogen-bond donors (Lipinski definition) is 3. The van der Waals surface area contributed by atoms with Crippen LogP contribution in [-0.4, -0.2) is 89.2 Å². The Balaban J connectivity index is 2.70. The summed E-state index contributed by atoms with van der Waals surface area (Å²) in [4.78, 5) is 51.2. The van der Waals surface area contributed by atoms with E-state index in [0.717, 1.165) is 161 Å². The minimum Gasteiger partial charge on any atom is -0.479 e. The van der Waals surface area contributed by atoms with E-state index < -0.39 is 67.3 Å². The lowest BCUT2D eigenvalue weighted by atomic mass is 9.98. The molecule has 1 heterocycles. The second kappa shape index (κ2) is 53.7. The number of unbranched alkanes of at least 4 members (excludes halogenated alkanes) is 16. The van der Waals surface area contributed by atoms with Gasteiger partial charge in [-0.15, -0.1) is 0 Å². The van der Waals surface area contributed by atoms with Crippen LogP contribution in [0.5, 0.6) is 0 Å². The number of allylic oxidation sites excluding steroid dienone is 20. The molecule has 0 spiro atoms. The van der Waals surface area contributed by atoms with Crippen LogP contribution in [0.2, 0.25) is 0 Å². The lowest BCUT2D eigenvalue weighted by Gasteiger charge is -2.40. The summed E-state index contributed by atoms with van der Waals surface area (Å²) in [6.45, 7) is 5.61. The van der Waals surface area contributed by atoms with Gasteiger partial charge in [0, 0.05) is 19.3 Å². The average Bonchev–Trinajstić information content (AvgIpc) is 3.46. The first-order valence-corrected chi connectivity index (χ1v) is 30.5. The highest BCUT2D eigenvalue weighted by Crippen LogP contribution is 2.26. The fraction of sp³-hybridized carbons (Fsp3) is 0.642. The van der Waals surface area contributed by atoms with Crippen molar-refractivity contribution in [3.05, 3.63) is 122 Å². The standard InChI is InChI=1S/C67H106O12/c1-4-7-10-13-16-19-22-25-27-29-30-32-34-37-40-43-46-49-52-55-61(70)78-65-63(72)62(71)64(66(73)74)79-67(65)76-57-58(77-60(69)54-51-48-45-42-39-35-24-21-18-15-12-9-6-3)56-75-59(68)53-50-47-44-41-38-36-33-31-28-26-23-20-17-14-11-8-5-2/h7-12,16-21,25-28,30,32,35,39,58,62-65,67,71-72H,4-6,13-15,22-24,29,31,33-34,36-38,40-57H2,1-3H3,(H,73,74)/b10-7-,11-8-,12-9-,19-16-,20-17-,21-18-,27-25-,28-26-,32-30-,39-35-. The van der Waals surface area contributed by atoms with E-state index in [2.05, 4.69) is 142 Å². The number of esters is 3. The Hall–Kier alpha value is -4.88. The van der Waals surface area contributed by atoms with Gasteiger partial charge < -0.3 is 39.0 Å². The van der Waals surface area contributed by atoms with Gasteiger partial charge in [0.15, 0.2) is 24.6 Å². The fourth-order valence-corrected chi connectivity index (χ4v) is 8.45. The number of aliphatic carboxylic acids is 1. The van der Waals surface area contributed by atoms with Crippen molar-refractivity contribution in [1.82, 2.24) is 0 Å². The molecule has 0 aliphatic carbocycles. The Labute approximate surface area is 478 Å². The van der Waals surface area contributed by atoms with Crippen molar-refractivity contribution in [1.29, 1.82) is 0 Å². The summed E-state index contributed by atoms with van der Waals surface area (Å²) in [7, 11) is 0. The molecule has 1 rings (SSSR count). The number of carbonyl (C=O) groups excluding carboxylic acids is 3. The summed E-state index contributed by atoms with van der Waals surface area (Å²) in [6, 6.07) is 0. The molecule has 3 N–H and O–H groups in total. The minimum absolute atomic E-state index is 0.0333. The number of carboxylic acids is 1. The molecule has 0 aromatic rings. The van der Waals surface area contributed by atoms with Crippen LogP contribution >= 0.6 is 0 Å². The zero-order valence-corrected chi connectivity index (χ0v) is 49.1. The van der Waals surface area contributed by atoms with Crippen molar-refractivity contribution in [2.45, 2.75) is 263 Å². The first kappa shape index (κ1) is 72.1. The van der Waals surface area contributed by atoms with Gasteiger partial charge in [-0.25, -0.2) is 4.79 Å².